The lowest BCUT2D eigenvalue weighted by Gasteiger charge is -2.21. The van der Waals surface area contributed by atoms with Gasteiger partial charge in [0.25, 0.3) is 0 Å². The normalized spacial score (nSPS) is 12.4. The van der Waals surface area contributed by atoms with Crippen molar-refractivity contribution in [2.24, 2.45) is 10.4 Å². The van der Waals surface area contributed by atoms with E-state index in [-0.39, 0.29) is 30.2 Å². The molecule has 0 N–H and O–H groups in total. The maximum Gasteiger partial charge on any atom is 0.314 e. The van der Waals surface area contributed by atoms with Crippen molar-refractivity contribution in [1.29, 1.82) is 0 Å². The number of aromatic nitrogens is 4. The van der Waals surface area contributed by atoms with Gasteiger partial charge >= 0.3 is 5.97 Å². The molecule has 0 atom stereocenters. The molecule has 2 aromatic heterocycles. The average molecular weight is 592 g/mol. The van der Waals surface area contributed by atoms with Crippen molar-refractivity contribution in [2.45, 2.75) is 65.3 Å². The summed E-state index contributed by atoms with van der Waals surface area (Å²) >= 11 is 0. The smallest absolute Gasteiger partial charge is 0.314 e. The second-order valence-electron chi connectivity index (χ2n) is 11.5. The lowest BCUT2D eigenvalue weighted by molar-refractivity contribution is -0.153. The predicted molar refractivity (Wildman–Crippen MR) is 158 cm³/mol. The number of carbonyl (C=O) groups is 1. The molecule has 220 valence electrons. The highest BCUT2D eigenvalue weighted by molar-refractivity contribution is 7.90. The van der Waals surface area contributed by atoms with Crippen LogP contribution in [-0.2, 0) is 35.6 Å². The predicted octanol–water partition coefficient (Wildman–Crippen LogP) is 4.61. The Kier molecular flexibility index (Phi) is 11.1. The Balaban J connectivity index is 2.20. The molecule has 0 aliphatic heterocycles. The van der Waals surface area contributed by atoms with Gasteiger partial charge in [0.15, 0.2) is 5.82 Å². The summed E-state index contributed by atoms with van der Waals surface area (Å²) in [6, 6.07) is 4.50. The lowest BCUT2D eigenvalue weighted by Crippen LogP contribution is -2.30. The van der Waals surface area contributed by atoms with Crippen molar-refractivity contribution in [2.75, 3.05) is 26.6 Å². The van der Waals surface area contributed by atoms with Gasteiger partial charge in [0.2, 0.25) is 20.9 Å². The Hall–Kier alpha value is -3.16. The number of carbonyl (C=O) groups excluding carboxylic acids is 1. The summed E-state index contributed by atoms with van der Waals surface area (Å²) in [6.07, 6.45) is 4.26. The maximum atomic E-state index is 12.3. The van der Waals surface area contributed by atoms with E-state index in [4.69, 9.17) is 14.2 Å². The molecule has 0 spiro atoms. The molecule has 0 fully saturated rings. The summed E-state index contributed by atoms with van der Waals surface area (Å²) in [7, 11) is -3.59. The van der Waals surface area contributed by atoms with Gasteiger partial charge in [-0.25, -0.2) is 18.1 Å². The number of aliphatic imine (C=N–C) groups is 1. The molecular weight excluding hydrogens is 550 g/mol. The topological polar surface area (TPSA) is 135 Å². The average Bonchev–Trinajstić information content (AvgIpc) is 3.29. The van der Waals surface area contributed by atoms with Crippen LogP contribution >= 0.6 is 0 Å². The van der Waals surface area contributed by atoms with Crippen molar-refractivity contribution in [1.82, 2.24) is 19.7 Å². The standard InChI is InChI=1S/C27H41N5O6SSi/c1-19(2)22(16-28-20(3)38-17-27(4,5)25(33)36-6)23-12-11-21(15-29-23)24-30-26(39(7,34)35)32(31-24)18-37-13-14-40(8,9)10/h11-12,15-16H,3,13-14,17-18H2,1-2,4-10H3/b28-16-. The highest BCUT2D eigenvalue weighted by Crippen LogP contribution is 2.22. The Morgan fingerprint density at radius 2 is 1.90 bits per heavy atom. The number of nitrogens with zero attached hydrogens (tertiary/aromatic N) is 5. The monoisotopic (exact) mass is 591 g/mol. The first-order valence-corrected chi connectivity index (χ1v) is 18.4. The summed E-state index contributed by atoms with van der Waals surface area (Å²) < 4.78 is 42.0. The molecule has 0 radical (unpaired) electrons. The number of rotatable bonds is 14. The number of hydrogen-bond donors (Lipinski definition) is 0. The molecule has 0 aliphatic carbocycles. The maximum absolute atomic E-state index is 12.3. The van der Waals surface area contributed by atoms with E-state index in [1.54, 1.807) is 38.4 Å². The number of allylic oxidation sites excluding steroid dienone is 2. The molecule has 0 aliphatic rings. The van der Waals surface area contributed by atoms with Crippen LogP contribution in [0, 0.1) is 5.41 Å². The van der Waals surface area contributed by atoms with Gasteiger partial charge in [-0.15, -0.1) is 5.10 Å². The van der Waals surface area contributed by atoms with E-state index < -0.39 is 29.3 Å². The Labute approximate surface area is 238 Å². The number of esters is 1. The highest BCUT2D eigenvalue weighted by atomic mass is 32.2. The van der Waals surface area contributed by atoms with Gasteiger partial charge in [0.1, 0.15) is 13.3 Å². The van der Waals surface area contributed by atoms with E-state index in [1.165, 1.54) is 11.8 Å². The highest BCUT2D eigenvalue weighted by Gasteiger charge is 2.30. The van der Waals surface area contributed by atoms with E-state index in [2.05, 4.69) is 46.3 Å². The molecule has 0 saturated carbocycles. The van der Waals surface area contributed by atoms with E-state index in [0.29, 0.717) is 17.9 Å². The molecule has 0 amide bonds. The van der Waals surface area contributed by atoms with Crippen LogP contribution in [0.1, 0.15) is 33.4 Å². The zero-order valence-electron chi connectivity index (χ0n) is 24.9. The van der Waals surface area contributed by atoms with E-state index in [1.807, 2.05) is 13.8 Å². The van der Waals surface area contributed by atoms with Gasteiger partial charge in [0.05, 0.1) is 18.2 Å². The van der Waals surface area contributed by atoms with Gasteiger partial charge < -0.3 is 14.2 Å². The van der Waals surface area contributed by atoms with E-state index >= 15 is 0 Å². The second-order valence-corrected chi connectivity index (χ2v) is 19.0. The third-order valence-electron chi connectivity index (χ3n) is 5.69. The minimum absolute atomic E-state index is 0.00740. The van der Waals surface area contributed by atoms with Gasteiger partial charge in [-0.3, -0.25) is 9.78 Å². The van der Waals surface area contributed by atoms with Crippen LogP contribution in [0.2, 0.25) is 25.7 Å². The van der Waals surface area contributed by atoms with Crippen LogP contribution in [-0.4, -0.2) is 75.0 Å². The van der Waals surface area contributed by atoms with Crippen LogP contribution in [0.15, 0.2) is 46.5 Å². The fourth-order valence-corrected chi connectivity index (χ4v) is 4.73. The van der Waals surface area contributed by atoms with Crippen molar-refractivity contribution in [3.05, 3.63) is 42.1 Å². The first-order chi connectivity index (χ1) is 18.4. The first-order valence-electron chi connectivity index (χ1n) is 12.8. The molecule has 0 bridgehead atoms. The van der Waals surface area contributed by atoms with Crippen molar-refractivity contribution in [3.63, 3.8) is 0 Å². The summed E-state index contributed by atoms with van der Waals surface area (Å²) in [6.45, 7) is 18.4. The van der Waals surface area contributed by atoms with Crippen LogP contribution in [0.3, 0.4) is 0 Å². The lowest BCUT2D eigenvalue weighted by atomic mass is 9.95. The zero-order valence-corrected chi connectivity index (χ0v) is 26.8. The summed E-state index contributed by atoms with van der Waals surface area (Å²) in [5.41, 5.74) is 2.03. The van der Waals surface area contributed by atoms with Crippen LogP contribution in [0.5, 0.6) is 0 Å². The van der Waals surface area contributed by atoms with Crippen molar-refractivity contribution >= 4 is 35.7 Å². The number of pyridine rings is 1. The summed E-state index contributed by atoms with van der Waals surface area (Å²) in [4.78, 5) is 24.9. The number of hydrogen-bond acceptors (Lipinski definition) is 10. The van der Waals surface area contributed by atoms with Crippen LogP contribution in [0.25, 0.3) is 17.0 Å². The van der Waals surface area contributed by atoms with Gasteiger partial charge in [-0.05, 0) is 52.5 Å². The van der Waals surface area contributed by atoms with Crippen molar-refractivity contribution < 1.29 is 27.4 Å². The molecule has 2 aromatic rings. The van der Waals surface area contributed by atoms with Crippen LogP contribution < -0.4 is 0 Å². The number of ether oxygens (including phenoxy) is 3. The molecule has 0 aromatic carbocycles. The zero-order chi connectivity index (χ0) is 30.3. The first kappa shape index (κ1) is 33.0. The minimum atomic E-state index is -3.63. The van der Waals surface area contributed by atoms with Crippen LogP contribution in [0.4, 0.5) is 0 Å². The molecule has 13 heteroatoms. The SMILES string of the molecule is C=C(/N=C\C(=C(C)C)c1ccc(-c2nc(S(C)(=O)=O)n(COCC[Si](C)(C)C)n2)cn1)OCC(C)(C)C(=O)OC. The number of methoxy groups -OCH3 is 1. The molecule has 2 heterocycles. The van der Waals surface area contributed by atoms with Gasteiger partial charge in [-0.1, -0.05) is 25.2 Å². The minimum Gasteiger partial charge on any atom is -0.477 e. The third kappa shape index (κ3) is 9.79. The largest absolute Gasteiger partial charge is 0.477 e. The van der Waals surface area contributed by atoms with E-state index in [9.17, 15) is 13.2 Å². The fraction of sp³-hybridized carbons (Fsp3) is 0.519. The Morgan fingerprint density at radius 3 is 2.42 bits per heavy atom. The molecule has 0 saturated heterocycles. The quantitative estimate of drug-likeness (QED) is 0.101. The Morgan fingerprint density at radius 1 is 1.23 bits per heavy atom. The molecule has 2 rings (SSSR count). The second kappa shape index (κ2) is 13.5. The molecular formula is C27H41N5O6SSi. The summed E-state index contributed by atoms with van der Waals surface area (Å²) in [5.74, 6) is -0.0192. The van der Waals surface area contributed by atoms with E-state index in [0.717, 1.165) is 23.4 Å². The summed E-state index contributed by atoms with van der Waals surface area (Å²) in [5, 5.41) is 4.22. The van der Waals surface area contributed by atoms with Gasteiger partial charge in [0, 0.05) is 44.5 Å². The number of sulfone groups is 1. The Bertz CT molecular complexity index is 1370. The third-order valence-corrected chi connectivity index (χ3v) is 8.36. The van der Waals surface area contributed by atoms with Gasteiger partial charge in [-0.2, -0.15) is 4.98 Å². The molecule has 0 unspecified atom stereocenters. The molecule has 40 heavy (non-hydrogen) atoms. The van der Waals surface area contributed by atoms with Crippen molar-refractivity contribution in [3.8, 4) is 11.4 Å². The fourth-order valence-electron chi connectivity index (χ4n) is 3.25. The molecule has 11 nitrogen and oxygen atoms in total.